The van der Waals surface area contributed by atoms with E-state index in [1.54, 1.807) is 0 Å². The van der Waals surface area contributed by atoms with Gasteiger partial charge < -0.3 is 4.42 Å². The summed E-state index contributed by atoms with van der Waals surface area (Å²) in [4.78, 5) is 0. The second-order valence-electron chi connectivity index (χ2n) is 5.69. The smallest absolute Gasteiger partial charge is 0.216 e. The van der Waals surface area contributed by atoms with E-state index < -0.39 is 11.6 Å². The van der Waals surface area contributed by atoms with Gasteiger partial charge in [-0.25, -0.2) is 13.3 Å². The molecule has 0 radical (unpaired) electrons. The van der Waals surface area contributed by atoms with E-state index in [1.807, 2.05) is 55.1 Å². The number of aromatic nitrogens is 1. The van der Waals surface area contributed by atoms with Gasteiger partial charge in [0.05, 0.1) is 10.9 Å². The molecule has 2 heterocycles. The van der Waals surface area contributed by atoms with Crippen molar-refractivity contribution >= 4 is 21.9 Å². The zero-order valence-electron chi connectivity index (χ0n) is 12.7. The maximum atomic E-state index is 14.2. The van der Waals surface area contributed by atoms with E-state index in [9.17, 15) is 8.78 Å². The molecule has 0 spiro atoms. The van der Waals surface area contributed by atoms with Crippen molar-refractivity contribution < 1.29 is 17.8 Å². The van der Waals surface area contributed by atoms with Crippen LogP contribution in [0.2, 0.25) is 0 Å². The molecule has 0 saturated heterocycles. The lowest BCUT2D eigenvalue weighted by molar-refractivity contribution is -0.660. The summed E-state index contributed by atoms with van der Waals surface area (Å²) in [6, 6.07) is 11.7. The van der Waals surface area contributed by atoms with Gasteiger partial charge in [-0.15, -0.1) is 0 Å². The summed E-state index contributed by atoms with van der Waals surface area (Å²) in [5.41, 5.74) is 3.66. The predicted molar refractivity (Wildman–Crippen MR) is 85.0 cm³/mol. The summed E-state index contributed by atoms with van der Waals surface area (Å²) in [6.07, 6.45) is 1.94. The van der Waals surface area contributed by atoms with Crippen LogP contribution < -0.4 is 4.57 Å². The number of pyridine rings is 1. The largest absolute Gasteiger partial charge is 0.455 e. The van der Waals surface area contributed by atoms with Crippen LogP contribution in [0, 0.1) is 18.6 Å². The Labute approximate surface area is 131 Å². The van der Waals surface area contributed by atoms with Crippen LogP contribution in [0.4, 0.5) is 8.78 Å². The molecule has 0 fully saturated rings. The van der Waals surface area contributed by atoms with Gasteiger partial charge >= 0.3 is 0 Å². The first-order chi connectivity index (χ1) is 11.1. The Kier molecular flexibility index (Phi) is 2.94. The number of furan rings is 1. The molecule has 4 heteroatoms. The molecule has 2 aromatic heterocycles. The summed E-state index contributed by atoms with van der Waals surface area (Å²) in [5.74, 6) is -1.25. The molecule has 0 aliphatic rings. The molecule has 2 aromatic carbocycles. The lowest BCUT2D eigenvalue weighted by Gasteiger charge is -2.05. The highest BCUT2D eigenvalue weighted by Gasteiger charge is 2.21. The topological polar surface area (TPSA) is 17.0 Å². The minimum Gasteiger partial charge on any atom is -0.455 e. The Hall–Kier alpha value is -2.75. The molecule has 0 aliphatic carbocycles. The molecule has 23 heavy (non-hydrogen) atoms. The molecular formula is C19H14F2NO+. The van der Waals surface area contributed by atoms with Gasteiger partial charge in [-0.05, 0) is 18.6 Å². The molecule has 0 atom stereocenters. The van der Waals surface area contributed by atoms with Crippen molar-refractivity contribution in [2.24, 2.45) is 7.05 Å². The number of fused-ring (bicyclic) bond motifs is 3. The molecule has 0 unspecified atom stereocenters. The van der Waals surface area contributed by atoms with Gasteiger partial charge in [-0.1, -0.05) is 12.1 Å². The van der Waals surface area contributed by atoms with Crippen LogP contribution in [-0.2, 0) is 7.05 Å². The fourth-order valence-corrected chi connectivity index (χ4v) is 3.09. The first-order valence-electron chi connectivity index (χ1n) is 7.32. The maximum Gasteiger partial charge on any atom is 0.216 e. The van der Waals surface area contributed by atoms with Gasteiger partial charge in [-0.2, -0.15) is 0 Å². The normalized spacial score (nSPS) is 11.5. The van der Waals surface area contributed by atoms with E-state index in [0.29, 0.717) is 16.4 Å². The number of aryl methyl sites for hydroxylation is 2. The molecule has 2 nitrogen and oxygen atoms in total. The standard InChI is InChI=1S/C19H14F2NO/c1-11-6-7-13-18-14(21)9-12(20)10-16(18)23-19(13)17(11)15-5-3-4-8-22(15)2/h3-10H,1-2H3/q+1. The Morgan fingerprint density at radius 3 is 2.65 bits per heavy atom. The second kappa shape index (κ2) is 4.88. The molecule has 114 valence electrons. The van der Waals surface area contributed by atoms with Gasteiger partial charge in [0, 0.05) is 29.7 Å². The van der Waals surface area contributed by atoms with Crippen molar-refractivity contribution in [1.82, 2.24) is 0 Å². The van der Waals surface area contributed by atoms with E-state index in [-0.39, 0.29) is 5.58 Å². The quantitative estimate of drug-likeness (QED) is 0.467. The first-order valence-corrected chi connectivity index (χ1v) is 7.32. The SMILES string of the molecule is Cc1ccc2c(oc3cc(F)cc(F)c32)c1-c1cccc[n+]1C. The number of nitrogens with zero attached hydrogens (tertiary/aromatic N) is 1. The molecule has 0 aliphatic heterocycles. The van der Waals surface area contributed by atoms with Crippen molar-refractivity contribution in [2.45, 2.75) is 6.92 Å². The molecule has 0 amide bonds. The van der Waals surface area contributed by atoms with E-state index in [0.717, 1.165) is 22.9 Å². The minimum atomic E-state index is -0.641. The van der Waals surface area contributed by atoms with E-state index >= 15 is 0 Å². The summed E-state index contributed by atoms with van der Waals surface area (Å²) in [5, 5.41) is 0.975. The van der Waals surface area contributed by atoms with Crippen LogP contribution >= 0.6 is 0 Å². The van der Waals surface area contributed by atoms with Crippen LogP contribution in [-0.4, -0.2) is 0 Å². The summed E-state index contributed by atoms with van der Waals surface area (Å²) < 4.78 is 35.5. The highest BCUT2D eigenvalue weighted by molar-refractivity contribution is 6.09. The zero-order valence-corrected chi connectivity index (χ0v) is 12.7. The van der Waals surface area contributed by atoms with Gasteiger partial charge in [0.15, 0.2) is 6.20 Å². The Morgan fingerprint density at radius 2 is 1.87 bits per heavy atom. The van der Waals surface area contributed by atoms with Gasteiger partial charge in [-0.3, -0.25) is 0 Å². The molecule has 0 bridgehead atoms. The highest BCUT2D eigenvalue weighted by Crippen LogP contribution is 2.38. The van der Waals surface area contributed by atoms with Crippen molar-refractivity contribution in [3.8, 4) is 11.3 Å². The zero-order chi connectivity index (χ0) is 16.1. The van der Waals surface area contributed by atoms with Crippen molar-refractivity contribution in [3.63, 3.8) is 0 Å². The van der Waals surface area contributed by atoms with E-state index in [2.05, 4.69) is 0 Å². The highest BCUT2D eigenvalue weighted by atomic mass is 19.1. The minimum absolute atomic E-state index is 0.225. The number of benzene rings is 2. The molecule has 4 rings (SSSR count). The summed E-state index contributed by atoms with van der Waals surface area (Å²) in [7, 11) is 1.94. The molecule has 0 N–H and O–H groups in total. The summed E-state index contributed by atoms with van der Waals surface area (Å²) >= 11 is 0. The van der Waals surface area contributed by atoms with Crippen LogP contribution in [0.15, 0.2) is 53.1 Å². The van der Waals surface area contributed by atoms with Gasteiger partial charge in [0.2, 0.25) is 5.69 Å². The number of rotatable bonds is 1. The molecule has 4 aromatic rings. The van der Waals surface area contributed by atoms with Crippen LogP contribution in [0.3, 0.4) is 0 Å². The molecular weight excluding hydrogens is 296 g/mol. The van der Waals surface area contributed by atoms with E-state index in [4.69, 9.17) is 4.42 Å². The number of hydrogen-bond donors (Lipinski definition) is 0. The predicted octanol–water partition coefficient (Wildman–Crippen LogP) is 4.66. The van der Waals surface area contributed by atoms with Crippen molar-refractivity contribution in [3.05, 3.63) is 65.9 Å². The number of hydrogen-bond acceptors (Lipinski definition) is 1. The first kappa shape index (κ1) is 13.9. The molecule has 0 saturated carbocycles. The van der Waals surface area contributed by atoms with Crippen LogP contribution in [0.5, 0.6) is 0 Å². The third kappa shape index (κ3) is 2.02. The Morgan fingerprint density at radius 1 is 1.04 bits per heavy atom. The average Bonchev–Trinajstić information content (AvgIpc) is 2.86. The van der Waals surface area contributed by atoms with Crippen molar-refractivity contribution in [1.29, 1.82) is 0 Å². The average molecular weight is 310 g/mol. The second-order valence-corrected chi connectivity index (χ2v) is 5.69. The maximum absolute atomic E-state index is 14.2. The van der Waals surface area contributed by atoms with Gasteiger partial charge in [0.25, 0.3) is 0 Å². The lowest BCUT2D eigenvalue weighted by atomic mass is 10.0. The van der Waals surface area contributed by atoms with E-state index in [1.165, 1.54) is 6.07 Å². The fourth-order valence-electron chi connectivity index (χ4n) is 3.09. The van der Waals surface area contributed by atoms with Crippen LogP contribution in [0.1, 0.15) is 5.56 Å². The van der Waals surface area contributed by atoms with Crippen molar-refractivity contribution in [2.75, 3.05) is 0 Å². The summed E-state index contributed by atoms with van der Waals surface area (Å²) in [6.45, 7) is 1.98. The monoisotopic (exact) mass is 310 g/mol. The lowest BCUT2D eigenvalue weighted by Crippen LogP contribution is -2.30. The third-order valence-corrected chi connectivity index (χ3v) is 4.18. The Bertz CT molecular complexity index is 1070. The third-order valence-electron chi connectivity index (χ3n) is 4.18. The van der Waals surface area contributed by atoms with Gasteiger partial charge in [0.1, 0.15) is 29.8 Å². The fraction of sp³-hybridized carbons (Fsp3) is 0.105. The van der Waals surface area contributed by atoms with Crippen LogP contribution in [0.25, 0.3) is 33.2 Å². The Balaban J connectivity index is 2.19. The number of halogens is 2.